The Kier molecular flexibility index (Phi) is 8.42. The Hall–Kier alpha value is -4.57. The zero-order valence-electron chi connectivity index (χ0n) is 18.8. The van der Waals surface area contributed by atoms with Gasteiger partial charge in [0.2, 0.25) is 0 Å². The van der Waals surface area contributed by atoms with Gasteiger partial charge in [-0.05, 0) is 54.0 Å². The lowest BCUT2D eigenvalue weighted by Gasteiger charge is -2.11. The van der Waals surface area contributed by atoms with Crippen molar-refractivity contribution in [2.45, 2.75) is 6.92 Å². The lowest BCUT2D eigenvalue weighted by molar-refractivity contribution is -0.138. The van der Waals surface area contributed by atoms with E-state index in [1.54, 1.807) is 31.2 Å². The zero-order chi connectivity index (χ0) is 24.3. The molecule has 3 rings (SSSR count). The molecule has 0 unspecified atom stereocenters. The minimum absolute atomic E-state index is 0.152. The second kappa shape index (κ2) is 11.9. The minimum Gasteiger partial charge on any atom is -0.493 e. The molecule has 0 aliphatic heterocycles. The van der Waals surface area contributed by atoms with Crippen molar-refractivity contribution in [2.75, 3.05) is 20.3 Å². The first-order valence-electron chi connectivity index (χ1n) is 10.5. The van der Waals surface area contributed by atoms with Gasteiger partial charge in [0.1, 0.15) is 17.4 Å². The van der Waals surface area contributed by atoms with Crippen LogP contribution in [0.1, 0.15) is 12.5 Å². The molecule has 0 atom stereocenters. The molecular formula is C27H23NO6. The van der Waals surface area contributed by atoms with Crippen LogP contribution in [0, 0.1) is 11.3 Å². The Morgan fingerprint density at radius 3 is 2.29 bits per heavy atom. The normalized spacial score (nSPS) is 10.7. The fourth-order valence-electron chi connectivity index (χ4n) is 3.04. The number of rotatable bonds is 9. The molecule has 0 saturated heterocycles. The second-order valence-corrected chi connectivity index (χ2v) is 6.95. The third-order valence-corrected chi connectivity index (χ3v) is 4.66. The van der Waals surface area contributed by atoms with E-state index in [1.807, 2.05) is 48.5 Å². The van der Waals surface area contributed by atoms with Crippen molar-refractivity contribution in [1.29, 1.82) is 5.26 Å². The van der Waals surface area contributed by atoms with Gasteiger partial charge in [-0.15, -0.1) is 0 Å². The Morgan fingerprint density at radius 1 is 0.941 bits per heavy atom. The van der Waals surface area contributed by atoms with Crippen molar-refractivity contribution >= 4 is 18.0 Å². The van der Waals surface area contributed by atoms with Gasteiger partial charge in [-0.25, -0.2) is 9.59 Å². The number of nitriles is 1. The molecule has 0 saturated carbocycles. The van der Waals surface area contributed by atoms with Crippen molar-refractivity contribution in [3.63, 3.8) is 0 Å². The van der Waals surface area contributed by atoms with Crippen LogP contribution in [-0.4, -0.2) is 32.3 Å². The average Bonchev–Trinajstić information content (AvgIpc) is 2.87. The fourth-order valence-corrected chi connectivity index (χ4v) is 3.04. The predicted molar refractivity (Wildman–Crippen MR) is 126 cm³/mol. The molecule has 0 bridgehead atoms. The summed E-state index contributed by atoms with van der Waals surface area (Å²) in [5, 5.41) is 9.18. The highest BCUT2D eigenvalue weighted by Crippen LogP contribution is 2.29. The predicted octanol–water partition coefficient (Wildman–Crippen LogP) is 4.82. The topological polar surface area (TPSA) is 94.9 Å². The van der Waals surface area contributed by atoms with E-state index in [-0.39, 0.29) is 30.3 Å². The maximum absolute atomic E-state index is 12.3. The third-order valence-electron chi connectivity index (χ3n) is 4.66. The number of benzene rings is 3. The molecule has 3 aromatic carbocycles. The molecule has 172 valence electrons. The van der Waals surface area contributed by atoms with Gasteiger partial charge >= 0.3 is 11.9 Å². The second-order valence-electron chi connectivity index (χ2n) is 6.95. The van der Waals surface area contributed by atoms with Crippen molar-refractivity contribution in [2.24, 2.45) is 0 Å². The van der Waals surface area contributed by atoms with Gasteiger partial charge in [0, 0.05) is 0 Å². The number of hydrogen-bond donors (Lipinski definition) is 0. The molecule has 34 heavy (non-hydrogen) atoms. The molecule has 0 heterocycles. The summed E-state index contributed by atoms with van der Waals surface area (Å²) in [5.74, 6) is -0.351. The van der Waals surface area contributed by atoms with E-state index in [0.717, 1.165) is 11.1 Å². The lowest BCUT2D eigenvalue weighted by Crippen LogP contribution is -2.18. The van der Waals surface area contributed by atoms with Crippen LogP contribution in [0.5, 0.6) is 17.2 Å². The van der Waals surface area contributed by atoms with Crippen LogP contribution in [-0.2, 0) is 14.3 Å². The summed E-state index contributed by atoms with van der Waals surface area (Å²) in [7, 11) is 1.42. The van der Waals surface area contributed by atoms with E-state index in [2.05, 4.69) is 0 Å². The van der Waals surface area contributed by atoms with Gasteiger partial charge in [-0.2, -0.15) is 5.26 Å². The van der Waals surface area contributed by atoms with Crippen LogP contribution in [0.3, 0.4) is 0 Å². The summed E-state index contributed by atoms with van der Waals surface area (Å²) < 4.78 is 21.0. The standard InChI is InChI=1S/C27H23NO6/c1-3-32-27(30)22(17-28)15-19-9-14-24(25(16-19)31-2)34-26(29)18-33-23-12-10-21(11-13-23)20-7-5-4-6-8-20/h4-16H,3,18H2,1-2H3/b22-15+. The molecular weight excluding hydrogens is 434 g/mol. The van der Waals surface area contributed by atoms with E-state index >= 15 is 0 Å². The summed E-state index contributed by atoms with van der Waals surface area (Å²) in [6, 6.07) is 23.8. The first-order valence-corrected chi connectivity index (χ1v) is 10.5. The van der Waals surface area contributed by atoms with Gasteiger partial charge < -0.3 is 18.9 Å². The third kappa shape index (κ3) is 6.47. The first-order chi connectivity index (χ1) is 16.5. The molecule has 0 aliphatic rings. The van der Waals surface area contributed by atoms with Crippen LogP contribution in [0.25, 0.3) is 17.2 Å². The van der Waals surface area contributed by atoms with Crippen LogP contribution in [0.4, 0.5) is 0 Å². The molecule has 0 radical (unpaired) electrons. The number of carbonyl (C=O) groups excluding carboxylic acids is 2. The molecule has 0 aromatic heterocycles. The van der Waals surface area contributed by atoms with Crippen molar-refractivity contribution in [3.05, 3.63) is 83.9 Å². The molecule has 7 nitrogen and oxygen atoms in total. The largest absolute Gasteiger partial charge is 0.493 e. The maximum atomic E-state index is 12.3. The number of nitrogens with zero attached hydrogens (tertiary/aromatic N) is 1. The van der Waals surface area contributed by atoms with Gasteiger partial charge in [0.05, 0.1) is 13.7 Å². The highest BCUT2D eigenvalue weighted by Gasteiger charge is 2.14. The van der Waals surface area contributed by atoms with Crippen LogP contribution < -0.4 is 14.2 Å². The number of carbonyl (C=O) groups is 2. The molecule has 0 spiro atoms. The molecule has 0 amide bonds. The highest BCUT2D eigenvalue weighted by molar-refractivity contribution is 5.98. The van der Waals surface area contributed by atoms with Gasteiger partial charge in [-0.1, -0.05) is 48.5 Å². The van der Waals surface area contributed by atoms with E-state index in [9.17, 15) is 14.9 Å². The fraction of sp³-hybridized carbons (Fsp3) is 0.148. The van der Waals surface area contributed by atoms with E-state index in [0.29, 0.717) is 11.3 Å². The van der Waals surface area contributed by atoms with E-state index < -0.39 is 11.9 Å². The van der Waals surface area contributed by atoms with Crippen molar-refractivity contribution < 1.29 is 28.5 Å². The summed E-state index contributed by atoms with van der Waals surface area (Å²) in [5.41, 5.74) is 2.48. The quantitative estimate of drug-likeness (QED) is 0.197. The molecule has 0 fully saturated rings. The summed E-state index contributed by atoms with van der Waals surface area (Å²) >= 11 is 0. The molecule has 0 aliphatic carbocycles. The summed E-state index contributed by atoms with van der Waals surface area (Å²) in [6.07, 6.45) is 1.37. The average molecular weight is 457 g/mol. The van der Waals surface area contributed by atoms with Crippen LogP contribution in [0.2, 0.25) is 0 Å². The number of ether oxygens (including phenoxy) is 4. The van der Waals surface area contributed by atoms with E-state index in [4.69, 9.17) is 18.9 Å². The Bertz CT molecular complexity index is 1210. The Morgan fingerprint density at radius 2 is 1.65 bits per heavy atom. The Labute approximate surface area is 197 Å². The monoisotopic (exact) mass is 457 g/mol. The molecule has 3 aromatic rings. The lowest BCUT2D eigenvalue weighted by atomic mass is 10.1. The van der Waals surface area contributed by atoms with Gasteiger partial charge in [0.15, 0.2) is 18.1 Å². The molecule has 0 N–H and O–H groups in total. The van der Waals surface area contributed by atoms with Crippen molar-refractivity contribution in [1.82, 2.24) is 0 Å². The SMILES string of the molecule is CCOC(=O)/C(C#N)=C/c1ccc(OC(=O)COc2ccc(-c3ccccc3)cc2)c(OC)c1. The van der Waals surface area contributed by atoms with Crippen LogP contribution >= 0.6 is 0 Å². The van der Waals surface area contributed by atoms with Crippen molar-refractivity contribution in [3.8, 4) is 34.4 Å². The first kappa shape index (κ1) is 24.1. The van der Waals surface area contributed by atoms with E-state index in [1.165, 1.54) is 19.3 Å². The highest BCUT2D eigenvalue weighted by atomic mass is 16.6. The maximum Gasteiger partial charge on any atom is 0.349 e. The van der Waals surface area contributed by atoms with Gasteiger partial charge in [0.25, 0.3) is 0 Å². The van der Waals surface area contributed by atoms with Crippen LogP contribution in [0.15, 0.2) is 78.4 Å². The molecule has 7 heteroatoms. The summed E-state index contributed by atoms with van der Waals surface area (Å²) in [6.45, 7) is 1.52. The smallest absolute Gasteiger partial charge is 0.349 e. The number of hydrogen-bond acceptors (Lipinski definition) is 7. The summed E-state index contributed by atoms with van der Waals surface area (Å²) in [4.78, 5) is 24.1. The zero-order valence-corrected chi connectivity index (χ0v) is 18.8. The number of esters is 2. The minimum atomic E-state index is -0.714. The number of methoxy groups -OCH3 is 1. The Balaban J connectivity index is 1.62. The van der Waals surface area contributed by atoms with Gasteiger partial charge in [-0.3, -0.25) is 0 Å².